The van der Waals surface area contributed by atoms with E-state index >= 15 is 0 Å². The van der Waals surface area contributed by atoms with E-state index in [4.69, 9.17) is 10.2 Å². The lowest BCUT2D eigenvalue weighted by Crippen LogP contribution is -1.95. The molecular weight excluding hydrogens is 308 g/mol. The Morgan fingerprint density at radius 2 is 1.54 bits per heavy atom. The van der Waals surface area contributed by atoms with Crippen molar-refractivity contribution in [1.29, 1.82) is 0 Å². The van der Waals surface area contributed by atoms with Crippen LogP contribution < -0.4 is 0 Å². The van der Waals surface area contributed by atoms with Gasteiger partial charge in [0.1, 0.15) is 5.75 Å². The van der Waals surface area contributed by atoms with Crippen molar-refractivity contribution >= 4 is 24.1 Å². The maximum atomic E-state index is 10.9. The second kappa shape index (κ2) is 6.04. The number of hydrogen-bond acceptors (Lipinski definition) is 3. The molecule has 0 saturated carbocycles. The van der Waals surface area contributed by atoms with Gasteiger partial charge in [0.2, 0.25) is 0 Å². The molecule has 0 amide bonds. The minimum Gasteiger partial charge on any atom is -0.507 e. The first-order valence-electron chi connectivity index (χ1n) is 7.26. The van der Waals surface area contributed by atoms with Gasteiger partial charge in [0.15, 0.2) is 0 Å². The molecule has 0 bridgehead atoms. The normalized spacial score (nSPS) is 12.5. The van der Waals surface area contributed by atoms with Crippen LogP contribution in [0.4, 0.5) is 0 Å². The van der Waals surface area contributed by atoms with Gasteiger partial charge in [-0.1, -0.05) is 24.3 Å². The Bertz CT molecular complexity index is 906. The summed E-state index contributed by atoms with van der Waals surface area (Å²) in [7, 11) is 0. The standard InChI is InChI=1S/C19H14O5/c20-17-10-16-12-4-2-1-3-11(12)9-15(16)13(5-7-18(21)22)14(17)6-8-19(23)24/h1-8,10,20H,9H2,(H,21,22)(H,23,24). The Morgan fingerprint density at radius 3 is 2.21 bits per heavy atom. The molecule has 5 heteroatoms. The summed E-state index contributed by atoms with van der Waals surface area (Å²) in [5.41, 5.74) is 4.58. The zero-order valence-corrected chi connectivity index (χ0v) is 12.6. The monoisotopic (exact) mass is 322 g/mol. The first-order chi connectivity index (χ1) is 11.5. The van der Waals surface area contributed by atoms with Gasteiger partial charge in [-0.25, -0.2) is 9.59 Å². The van der Waals surface area contributed by atoms with E-state index in [1.54, 1.807) is 6.07 Å². The Labute approximate surface area is 137 Å². The predicted molar refractivity (Wildman–Crippen MR) is 89.7 cm³/mol. The van der Waals surface area contributed by atoms with Gasteiger partial charge in [0.25, 0.3) is 0 Å². The van der Waals surface area contributed by atoms with Gasteiger partial charge >= 0.3 is 11.9 Å². The highest BCUT2D eigenvalue weighted by atomic mass is 16.4. The molecule has 0 unspecified atom stereocenters. The van der Waals surface area contributed by atoms with Crippen LogP contribution >= 0.6 is 0 Å². The predicted octanol–water partition coefficient (Wildman–Crippen LogP) is 3.16. The van der Waals surface area contributed by atoms with E-state index in [0.717, 1.165) is 34.4 Å². The lowest BCUT2D eigenvalue weighted by atomic mass is 9.94. The molecule has 3 N–H and O–H groups in total. The number of carboxylic acid groups (broad SMARTS) is 2. The number of phenols is 1. The average molecular weight is 322 g/mol. The number of benzene rings is 2. The van der Waals surface area contributed by atoms with Crippen LogP contribution in [0, 0.1) is 0 Å². The highest BCUT2D eigenvalue weighted by Crippen LogP contribution is 2.43. The quantitative estimate of drug-likeness (QED) is 0.641. The Kier molecular flexibility index (Phi) is 3.92. The average Bonchev–Trinajstić information content (AvgIpc) is 2.89. The molecule has 0 spiro atoms. The van der Waals surface area contributed by atoms with Crippen LogP contribution in [0.2, 0.25) is 0 Å². The largest absolute Gasteiger partial charge is 0.507 e. The third-order valence-corrected chi connectivity index (χ3v) is 3.96. The topological polar surface area (TPSA) is 94.8 Å². The van der Waals surface area contributed by atoms with Crippen molar-refractivity contribution in [3.63, 3.8) is 0 Å². The van der Waals surface area contributed by atoms with Crippen molar-refractivity contribution in [2.75, 3.05) is 0 Å². The molecule has 0 atom stereocenters. The van der Waals surface area contributed by atoms with Gasteiger partial charge in [0.05, 0.1) is 0 Å². The summed E-state index contributed by atoms with van der Waals surface area (Å²) in [5.74, 6) is -2.35. The second-order valence-corrected chi connectivity index (χ2v) is 5.43. The van der Waals surface area contributed by atoms with Crippen LogP contribution in [-0.2, 0) is 16.0 Å². The fourth-order valence-electron chi connectivity index (χ4n) is 2.98. The van der Waals surface area contributed by atoms with Crippen molar-refractivity contribution in [2.45, 2.75) is 6.42 Å². The molecule has 0 aromatic heterocycles. The van der Waals surface area contributed by atoms with Gasteiger partial charge in [0, 0.05) is 17.7 Å². The summed E-state index contributed by atoms with van der Waals surface area (Å²) in [4.78, 5) is 21.7. The third-order valence-electron chi connectivity index (χ3n) is 3.96. The SMILES string of the molecule is O=C(O)C=Cc1c(O)cc2c(c1C=CC(=O)O)Cc1ccccc1-2. The van der Waals surface area contributed by atoms with Crippen LogP contribution in [0.3, 0.4) is 0 Å². The van der Waals surface area contributed by atoms with Crippen molar-refractivity contribution in [2.24, 2.45) is 0 Å². The highest BCUT2D eigenvalue weighted by Gasteiger charge is 2.23. The summed E-state index contributed by atoms with van der Waals surface area (Å²) in [5, 5.41) is 28.1. The number of carbonyl (C=O) groups is 2. The summed E-state index contributed by atoms with van der Waals surface area (Å²) < 4.78 is 0. The molecule has 1 aliphatic rings. The van der Waals surface area contributed by atoms with Crippen molar-refractivity contribution in [3.8, 4) is 16.9 Å². The Hall–Kier alpha value is -3.34. The van der Waals surface area contributed by atoms with Crippen molar-refractivity contribution in [3.05, 3.63) is 64.7 Å². The van der Waals surface area contributed by atoms with Crippen molar-refractivity contribution < 1.29 is 24.9 Å². The summed E-state index contributed by atoms with van der Waals surface area (Å²) in [6.45, 7) is 0. The Morgan fingerprint density at radius 1 is 0.917 bits per heavy atom. The number of aromatic hydroxyl groups is 1. The minimum absolute atomic E-state index is 0.0898. The van der Waals surface area contributed by atoms with E-state index in [1.165, 1.54) is 12.2 Å². The van der Waals surface area contributed by atoms with E-state index in [9.17, 15) is 14.7 Å². The molecule has 5 nitrogen and oxygen atoms in total. The number of hydrogen-bond donors (Lipinski definition) is 3. The molecule has 2 aromatic rings. The summed E-state index contributed by atoms with van der Waals surface area (Å²) >= 11 is 0. The van der Waals surface area contributed by atoms with Gasteiger partial charge in [-0.3, -0.25) is 0 Å². The molecule has 24 heavy (non-hydrogen) atoms. The molecule has 0 heterocycles. The van der Waals surface area contributed by atoms with Gasteiger partial charge in [-0.2, -0.15) is 0 Å². The molecule has 1 aliphatic carbocycles. The molecule has 0 aliphatic heterocycles. The lowest BCUT2D eigenvalue weighted by molar-refractivity contribution is -0.132. The Balaban J connectivity index is 2.24. The van der Waals surface area contributed by atoms with E-state index in [1.807, 2.05) is 24.3 Å². The van der Waals surface area contributed by atoms with Crippen LogP contribution in [0.25, 0.3) is 23.3 Å². The van der Waals surface area contributed by atoms with Gasteiger partial charge < -0.3 is 15.3 Å². The first kappa shape index (κ1) is 15.6. The van der Waals surface area contributed by atoms with E-state index in [2.05, 4.69) is 0 Å². The molecule has 120 valence electrons. The first-order valence-corrected chi connectivity index (χ1v) is 7.26. The number of fused-ring (bicyclic) bond motifs is 3. The molecule has 0 saturated heterocycles. The van der Waals surface area contributed by atoms with E-state index in [-0.39, 0.29) is 5.75 Å². The van der Waals surface area contributed by atoms with Gasteiger partial charge in [-0.05, 0) is 52.5 Å². The zero-order chi connectivity index (χ0) is 17.3. The molecule has 0 fully saturated rings. The summed E-state index contributed by atoms with van der Waals surface area (Å²) in [6.07, 6.45) is 5.17. The molecule has 3 rings (SSSR count). The van der Waals surface area contributed by atoms with Crippen molar-refractivity contribution in [1.82, 2.24) is 0 Å². The van der Waals surface area contributed by atoms with Crippen LogP contribution in [-0.4, -0.2) is 27.3 Å². The maximum absolute atomic E-state index is 10.9. The fourth-order valence-corrected chi connectivity index (χ4v) is 2.98. The zero-order valence-electron chi connectivity index (χ0n) is 12.6. The number of carboxylic acids is 2. The number of rotatable bonds is 4. The third kappa shape index (κ3) is 2.79. The molecule has 0 radical (unpaired) electrons. The smallest absolute Gasteiger partial charge is 0.328 e. The molecular formula is C19H14O5. The van der Waals surface area contributed by atoms with Crippen LogP contribution in [0.5, 0.6) is 5.75 Å². The fraction of sp³-hybridized carbons (Fsp3) is 0.0526. The van der Waals surface area contributed by atoms with E-state index in [0.29, 0.717) is 17.5 Å². The maximum Gasteiger partial charge on any atom is 0.328 e. The number of aliphatic carboxylic acids is 2. The highest BCUT2D eigenvalue weighted by molar-refractivity contribution is 5.93. The summed E-state index contributed by atoms with van der Waals surface area (Å²) in [6, 6.07) is 9.33. The minimum atomic E-state index is -1.15. The van der Waals surface area contributed by atoms with Crippen LogP contribution in [0.15, 0.2) is 42.5 Å². The second-order valence-electron chi connectivity index (χ2n) is 5.43. The van der Waals surface area contributed by atoms with E-state index < -0.39 is 11.9 Å². The van der Waals surface area contributed by atoms with Gasteiger partial charge in [-0.15, -0.1) is 0 Å². The molecule has 2 aromatic carbocycles. The number of phenolic OH excluding ortho intramolecular Hbond substituents is 1. The lowest BCUT2D eigenvalue weighted by Gasteiger charge is -2.11. The van der Waals surface area contributed by atoms with Crippen LogP contribution in [0.1, 0.15) is 22.3 Å².